The lowest BCUT2D eigenvalue weighted by atomic mass is 9.94. The Morgan fingerprint density at radius 1 is 1.10 bits per heavy atom. The zero-order chi connectivity index (χ0) is 22.3. The molecular weight excluding hydrogens is 434 g/mol. The van der Waals surface area contributed by atoms with Crippen LogP contribution >= 0.6 is 11.6 Å². The van der Waals surface area contributed by atoms with E-state index in [4.69, 9.17) is 11.6 Å². The number of carbonyl (C=O) groups excluding carboxylic acids is 1. The molecule has 0 fully saturated rings. The number of aromatic nitrogens is 2. The van der Waals surface area contributed by atoms with Crippen molar-refractivity contribution in [2.24, 2.45) is 13.0 Å². The summed E-state index contributed by atoms with van der Waals surface area (Å²) in [5.41, 5.74) is 4.52. The molecule has 31 heavy (non-hydrogen) atoms. The molecule has 4 rings (SSSR count). The number of aryl methyl sites for hydroxylation is 2. The highest BCUT2D eigenvalue weighted by Gasteiger charge is 2.38. The van der Waals surface area contributed by atoms with E-state index in [-0.39, 0.29) is 22.3 Å². The number of halogens is 1. The summed E-state index contributed by atoms with van der Waals surface area (Å²) in [4.78, 5) is 13.5. The second-order valence-electron chi connectivity index (χ2n) is 7.76. The SMILES string of the molecule is CCN(C(=O)C1Cc2ccccc2-c2ccccc2C1)S(=O)(=O)c1c(C)nn(C)c1Cl. The molecule has 0 aliphatic heterocycles. The number of nitrogens with zero attached hydrogens (tertiary/aromatic N) is 3. The van der Waals surface area contributed by atoms with Crippen molar-refractivity contribution in [3.8, 4) is 11.1 Å². The molecule has 0 N–H and O–H groups in total. The molecule has 0 atom stereocenters. The number of carbonyl (C=O) groups is 1. The second-order valence-corrected chi connectivity index (χ2v) is 9.91. The van der Waals surface area contributed by atoms with Gasteiger partial charge in [0.15, 0.2) is 0 Å². The standard InChI is InChI=1S/C23H24ClN3O3S/c1-4-27(31(29,30)21-15(2)25-26(3)22(21)24)23(28)18-13-16-9-5-7-11-19(16)20-12-8-6-10-17(20)14-18/h5-12,18H,4,13-14H2,1-3H3. The van der Waals surface area contributed by atoms with E-state index >= 15 is 0 Å². The summed E-state index contributed by atoms with van der Waals surface area (Å²) < 4.78 is 29.1. The number of rotatable bonds is 4. The fraction of sp³-hybridized carbons (Fsp3) is 0.304. The molecule has 6 nitrogen and oxygen atoms in total. The van der Waals surface area contributed by atoms with Crippen LogP contribution in [0.15, 0.2) is 53.4 Å². The van der Waals surface area contributed by atoms with Crippen LogP contribution in [0, 0.1) is 12.8 Å². The Balaban J connectivity index is 1.77. The average molecular weight is 458 g/mol. The second kappa shape index (κ2) is 8.13. The topological polar surface area (TPSA) is 72.3 Å². The molecule has 1 aliphatic rings. The molecule has 8 heteroatoms. The first-order valence-electron chi connectivity index (χ1n) is 10.2. The summed E-state index contributed by atoms with van der Waals surface area (Å²) in [5.74, 6) is -0.927. The van der Waals surface area contributed by atoms with Crippen molar-refractivity contribution >= 4 is 27.5 Å². The van der Waals surface area contributed by atoms with Gasteiger partial charge in [0.05, 0.1) is 5.69 Å². The Kier molecular flexibility index (Phi) is 5.66. The quantitative estimate of drug-likeness (QED) is 0.593. The van der Waals surface area contributed by atoms with E-state index in [0.29, 0.717) is 12.8 Å². The van der Waals surface area contributed by atoms with Crippen LogP contribution < -0.4 is 0 Å². The third-order valence-corrected chi connectivity index (χ3v) is 8.36. The molecule has 1 aromatic heterocycles. The molecule has 0 saturated carbocycles. The Morgan fingerprint density at radius 2 is 1.61 bits per heavy atom. The smallest absolute Gasteiger partial charge is 0.271 e. The summed E-state index contributed by atoms with van der Waals surface area (Å²) >= 11 is 6.23. The van der Waals surface area contributed by atoms with Crippen LogP contribution in [-0.2, 0) is 34.7 Å². The summed E-state index contributed by atoms with van der Waals surface area (Å²) in [6.45, 7) is 3.26. The van der Waals surface area contributed by atoms with E-state index in [1.165, 1.54) is 4.68 Å². The first-order chi connectivity index (χ1) is 14.8. The molecule has 0 spiro atoms. The van der Waals surface area contributed by atoms with Gasteiger partial charge in [0.25, 0.3) is 10.0 Å². The van der Waals surface area contributed by atoms with Gasteiger partial charge in [0.1, 0.15) is 10.0 Å². The fourth-order valence-corrected chi connectivity index (χ4v) is 6.53. The minimum Gasteiger partial charge on any atom is -0.273 e. The lowest BCUT2D eigenvalue weighted by molar-refractivity contribution is -0.130. The molecular formula is C23H24ClN3O3S. The van der Waals surface area contributed by atoms with E-state index < -0.39 is 21.8 Å². The maximum atomic E-state index is 13.6. The van der Waals surface area contributed by atoms with Crippen molar-refractivity contribution in [2.75, 3.05) is 6.54 Å². The lowest BCUT2D eigenvalue weighted by Gasteiger charge is -2.25. The Labute approximate surface area is 187 Å². The highest BCUT2D eigenvalue weighted by atomic mass is 35.5. The summed E-state index contributed by atoms with van der Waals surface area (Å²) in [7, 11) is -2.56. The van der Waals surface area contributed by atoms with Crippen molar-refractivity contribution < 1.29 is 13.2 Å². The van der Waals surface area contributed by atoms with E-state index in [2.05, 4.69) is 5.10 Å². The number of amides is 1. The van der Waals surface area contributed by atoms with Crippen LogP contribution in [0.1, 0.15) is 23.7 Å². The Hall–Kier alpha value is -2.64. The predicted molar refractivity (Wildman–Crippen MR) is 120 cm³/mol. The van der Waals surface area contributed by atoms with Crippen LogP contribution in [0.4, 0.5) is 0 Å². The molecule has 1 aliphatic carbocycles. The molecule has 0 bridgehead atoms. The van der Waals surface area contributed by atoms with E-state index in [1.54, 1.807) is 20.9 Å². The van der Waals surface area contributed by atoms with Gasteiger partial charge in [0.2, 0.25) is 5.91 Å². The van der Waals surface area contributed by atoms with Gasteiger partial charge in [-0.25, -0.2) is 12.7 Å². The molecule has 162 valence electrons. The molecule has 1 amide bonds. The van der Waals surface area contributed by atoms with Gasteiger partial charge in [-0.2, -0.15) is 5.10 Å². The Morgan fingerprint density at radius 3 is 2.06 bits per heavy atom. The van der Waals surface area contributed by atoms with Crippen molar-refractivity contribution in [1.82, 2.24) is 14.1 Å². The van der Waals surface area contributed by atoms with Gasteiger partial charge < -0.3 is 0 Å². The lowest BCUT2D eigenvalue weighted by Crippen LogP contribution is -2.42. The van der Waals surface area contributed by atoms with Gasteiger partial charge >= 0.3 is 0 Å². The van der Waals surface area contributed by atoms with Gasteiger partial charge in [0, 0.05) is 19.5 Å². The number of hydrogen-bond acceptors (Lipinski definition) is 4. The van der Waals surface area contributed by atoms with Gasteiger partial charge in [-0.15, -0.1) is 0 Å². The van der Waals surface area contributed by atoms with Crippen LogP contribution in [0.3, 0.4) is 0 Å². The summed E-state index contributed by atoms with van der Waals surface area (Å²) in [6, 6.07) is 16.0. The van der Waals surface area contributed by atoms with Crippen molar-refractivity contribution in [2.45, 2.75) is 31.6 Å². The number of fused-ring (bicyclic) bond motifs is 3. The van der Waals surface area contributed by atoms with E-state index in [0.717, 1.165) is 26.6 Å². The minimum atomic E-state index is -4.14. The largest absolute Gasteiger partial charge is 0.273 e. The first kappa shape index (κ1) is 21.6. The van der Waals surface area contributed by atoms with Gasteiger partial charge in [-0.1, -0.05) is 60.1 Å². The number of sulfonamides is 1. The van der Waals surface area contributed by atoms with Crippen LogP contribution in [0.25, 0.3) is 11.1 Å². The number of hydrogen-bond donors (Lipinski definition) is 0. The summed E-state index contributed by atoms with van der Waals surface area (Å²) in [5, 5.41) is 4.11. The van der Waals surface area contributed by atoms with Crippen molar-refractivity contribution in [3.63, 3.8) is 0 Å². The maximum absolute atomic E-state index is 13.6. The van der Waals surface area contributed by atoms with Crippen LogP contribution in [0.5, 0.6) is 0 Å². The van der Waals surface area contributed by atoms with Gasteiger partial charge in [-0.05, 0) is 48.9 Å². The van der Waals surface area contributed by atoms with Crippen LogP contribution in [0.2, 0.25) is 5.15 Å². The predicted octanol–water partition coefficient (Wildman–Crippen LogP) is 4.00. The normalized spacial score (nSPS) is 13.9. The highest BCUT2D eigenvalue weighted by molar-refractivity contribution is 7.89. The van der Waals surface area contributed by atoms with Gasteiger partial charge in [-0.3, -0.25) is 9.48 Å². The molecule has 3 aromatic rings. The van der Waals surface area contributed by atoms with Crippen LogP contribution in [-0.4, -0.2) is 35.0 Å². The molecule has 2 aromatic carbocycles. The Bertz CT molecular complexity index is 1220. The molecule has 1 heterocycles. The molecule has 0 saturated heterocycles. The average Bonchev–Trinajstić information content (AvgIpc) is 2.91. The van der Waals surface area contributed by atoms with Crippen molar-refractivity contribution in [1.29, 1.82) is 0 Å². The highest BCUT2D eigenvalue weighted by Crippen LogP contribution is 2.36. The third kappa shape index (κ3) is 3.66. The maximum Gasteiger partial charge on any atom is 0.271 e. The monoisotopic (exact) mass is 457 g/mol. The number of benzene rings is 2. The molecule has 0 radical (unpaired) electrons. The third-order valence-electron chi connectivity index (χ3n) is 5.79. The molecule has 0 unspecified atom stereocenters. The fourth-order valence-electron chi connectivity index (χ4n) is 4.36. The first-order valence-corrected chi connectivity index (χ1v) is 12.0. The minimum absolute atomic E-state index is 0.000285. The van der Waals surface area contributed by atoms with E-state index in [9.17, 15) is 13.2 Å². The zero-order valence-electron chi connectivity index (χ0n) is 17.7. The zero-order valence-corrected chi connectivity index (χ0v) is 19.2. The summed E-state index contributed by atoms with van der Waals surface area (Å²) in [6.07, 6.45) is 0.935. The van der Waals surface area contributed by atoms with Crippen molar-refractivity contribution in [3.05, 3.63) is 70.5 Å². The van der Waals surface area contributed by atoms with E-state index in [1.807, 2.05) is 48.5 Å².